The van der Waals surface area contributed by atoms with Gasteiger partial charge in [0.2, 0.25) is 0 Å². The first-order valence-corrected chi connectivity index (χ1v) is 6.62. The molecule has 0 aromatic carbocycles. The van der Waals surface area contributed by atoms with E-state index in [0.717, 1.165) is 16.6 Å². The van der Waals surface area contributed by atoms with Gasteiger partial charge in [-0.2, -0.15) is 16.9 Å². The molecule has 0 spiro atoms. The summed E-state index contributed by atoms with van der Waals surface area (Å²) in [6.07, 6.45) is 3.37. The van der Waals surface area contributed by atoms with E-state index in [1.54, 1.807) is 0 Å². The smallest absolute Gasteiger partial charge is 0.139 e. The number of aromatic nitrogens is 2. The van der Waals surface area contributed by atoms with Gasteiger partial charge >= 0.3 is 0 Å². The fourth-order valence-corrected chi connectivity index (χ4v) is 4.09. The molecule has 2 atom stereocenters. The molecule has 76 valence electrons. The Labute approximate surface area is 95.3 Å². The Morgan fingerprint density at radius 1 is 1.79 bits per heavy atom. The van der Waals surface area contributed by atoms with Gasteiger partial charge in [0.05, 0.1) is 16.4 Å². The standard InChI is InChI=1S/C9H11BrN2OS/c1-12-8(6(10)4-11-12)9-2-3-14-5-7(9)13-9/h4,7H,2-3,5H2,1H3/t7-,9+/m1/s1. The van der Waals surface area contributed by atoms with E-state index >= 15 is 0 Å². The van der Waals surface area contributed by atoms with Gasteiger partial charge in [0.25, 0.3) is 0 Å². The minimum Gasteiger partial charge on any atom is -0.358 e. The Kier molecular flexibility index (Phi) is 1.98. The second-order valence-electron chi connectivity index (χ2n) is 3.79. The lowest BCUT2D eigenvalue weighted by Crippen LogP contribution is -2.23. The van der Waals surface area contributed by atoms with Crippen LogP contribution in [0.4, 0.5) is 0 Å². The summed E-state index contributed by atoms with van der Waals surface area (Å²) in [6.45, 7) is 0. The normalized spacial score (nSPS) is 35.4. The summed E-state index contributed by atoms with van der Waals surface area (Å²) < 4.78 is 8.87. The first-order valence-electron chi connectivity index (χ1n) is 4.67. The van der Waals surface area contributed by atoms with Crippen LogP contribution in [-0.4, -0.2) is 27.4 Å². The van der Waals surface area contributed by atoms with Gasteiger partial charge in [0.15, 0.2) is 0 Å². The average molecular weight is 275 g/mol. The Bertz CT molecular complexity index is 361. The van der Waals surface area contributed by atoms with Crippen LogP contribution in [0.1, 0.15) is 12.1 Å². The Hall–Kier alpha value is -0.0000000000000000763. The maximum Gasteiger partial charge on any atom is 0.139 e. The number of halogens is 1. The molecule has 1 aromatic heterocycles. The highest BCUT2D eigenvalue weighted by Crippen LogP contribution is 2.55. The molecule has 0 N–H and O–H groups in total. The SMILES string of the molecule is Cn1ncc(Br)c1[C@]12CCSC[C@H]1O2. The number of nitrogens with zero attached hydrogens (tertiary/aromatic N) is 2. The van der Waals surface area contributed by atoms with Gasteiger partial charge in [0.1, 0.15) is 11.7 Å². The Morgan fingerprint density at radius 3 is 3.29 bits per heavy atom. The maximum atomic E-state index is 5.86. The molecule has 5 heteroatoms. The first-order chi connectivity index (χ1) is 6.74. The topological polar surface area (TPSA) is 30.4 Å². The van der Waals surface area contributed by atoms with Crippen LogP contribution < -0.4 is 0 Å². The molecule has 2 fully saturated rings. The molecule has 2 aliphatic rings. The van der Waals surface area contributed by atoms with Crippen LogP contribution in [0.25, 0.3) is 0 Å². The molecule has 2 saturated heterocycles. The average Bonchev–Trinajstić information content (AvgIpc) is 2.81. The van der Waals surface area contributed by atoms with Crippen molar-refractivity contribution in [3.63, 3.8) is 0 Å². The van der Waals surface area contributed by atoms with Gasteiger partial charge in [-0.15, -0.1) is 0 Å². The van der Waals surface area contributed by atoms with Gasteiger partial charge in [-0.1, -0.05) is 0 Å². The molecule has 3 nitrogen and oxygen atoms in total. The van der Waals surface area contributed by atoms with E-state index in [1.165, 1.54) is 11.4 Å². The highest BCUT2D eigenvalue weighted by atomic mass is 79.9. The van der Waals surface area contributed by atoms with Gasteiger partial charge in [-0.05, 0) is 28.1 Å². The number of aryl methyl sites for hydroxylation is 1. The van der Waals surface area contributed by atoms with E-state index in [1.807, 2.05) is 29.7 Å². The number of rotatable bonds is 1. The third kappa shape index (κ3) is 1.12. The fraction of sp³-hybridized carbons (Fsp3) is 0.667. The summed E-state index contributed by atoms with van der Waals surface area (Å²) in [4.78, 5) is 0. The summed E-state index contributed by atoms with van der Waals surface area (Å²) >= 11 is 5.53. The number of hydrogen-bond acceptors (Lipinski definition) is 3. The molecule has 2 aliphatic heterocycles. The van der Waals surface area contributed by atoms with E-state index in [9.17, 15) is 0 Å². The molecule has 0 amide bonds. The quantitative estimate of drug-likeness (QED) is 0.733. The number of thioether (sulfide) groups is 1. The number of fused-ring (bicyclic) bond motifs is 1. The predicted octanol–water partition coefficient (Wildman–Crippen LogP) is 1.91. The molecule has 3 heterocycles. The predicted molar refractivity (Wildman–Crippen MR) is 59.4 cm³/mol. The highest BCUT2D eigenvalue weighted by Gasteiger charge is 2.61. The van der Waals surface area contributed by atoms with Crippen LogP contribution >= 0.6 is 27.7 Å². The molecular formula is C9H11BrN2OS. The van der Waals surface area contributed by atoms with Crippen molar-refractivity contribution < 1.29 is 4.74 Å². The Morgan fingerprint density at radius 2 is 2.64 bits per heavy atom. The maximum absolute atomic E-state index is 5.86. The molecule has 3 rings (SSSR count). The zero-order valence-corrected chi connectivity index (χ0v) is 10.3. The summed E-state index contributed by atoms with van der Waals surface area (Å²) in [5, 5.41) is 4.25. The van der Waals surface area contributed by atoms with Crippen molar-refractivity contribution in [2.24, 2.45) is 7.05 Å². The Balaban J connectivity index is 2.03. The van der Waals surface area contributed by atoms with E-state index in [0.29, 0.717) is 6.10 Å². The largest absolute Gasteiger partial charge is 0.358 e. The van der Waals surface area contributed by atoms with Crippen molar-refractivity contribution in [1.82, 2.24) is 9.78 Å². The van der Waals surface area contributed by atoms with Gasteiger partial charge in [-0.3, -0.25) is 4.68 Å². The second-order valence-corrected chi connectivity index (χ2v) is 5.79. The zero-order chi connectivity index (χ0) is 9.76. The van der Waals surface area contributed by atoms with Crippen molar-refractivity contribution >= 4 is 27.7 Å². The summed E-state index contributed by atoms with van der Waals surface area (Å²) in [6, 6.07) is 0. The summed E-state index contributed by atoms with van der Waals surface area (Å²) in [7, 11) is 1.98. The van der Waals surface area contributed by atoms with Gasteiger partial charge in [-0.25, -0.2) is 0 Å². The van der Waals surface area contributed by atoms with Crippen LogP contribution in [0.2, 0.25) is 0 Å². The summed E-state index contributed by atoms with van der Waals surface area (Å²) in [5.74, 6) is 2.31. The van der Waals surface area contributed by atoms with E-state index in [4.69, 9.17) is 4.74 Å². The molecule has 0 aliphatic carbocycles. The number of epoxide rings is 1. The van der Waals surface area contributed by atoms with E-state index in [-0.39, 0.29) is 5.60 Å². The minimum atomic E-state index is -0.0185. The van der Waals surface area contributed by atoms with Crippen LogP contribution in [0, 0.1) is 0 Å². The third-order valence-electron chi connectivity index (χ3n) is 3.00. The van der Waals surface area contributed by atoms with Crippen LogP contribution in [0.15, 0.2) is 10.7 Å². The first kappa shape index (κ1) is 9.24. The van der Waals surface area contributed by atoms with Crippen LogP contribution in [0.5, 0.6) is 0 Å². The van der Waals surface area contributed by atoms with Crippen LogP contribution in [0.3, 0.4) is 0 Å². The molecule has 14 heavy (non-hydrogen) atoms. The third-order valence-corrected chi connectivity index (χ3v) is 4.61. The van der Waals surface area contributed by atoms with Crippen molar-refractivity contribution in [3.05, 3.63) is 16.4 Å². The van der Waals surface area contributed by atoms with Crippen molar-refractivity contribution in [2.75, 3.05) is 11.5 Å². The molecule has 0 radical (unpaired) electrons. The van der Waals surface area contributed by atoms with Gasteiger partial charge < -0.3 is 4.74 Å². The molecule has 0 bridgehead atoms. The lowest BCUT2D eigenvalue weighted by Gasteiger charge is -2.17. The molecule has 0 unspecified atom stereocenters. The highest BCUT2D eigenvalue weighted by molar-refractivity contribution is 9.10. The molecule has 0 saturated carbocycles. The van der Waals surface area contributed by atoms with Crippen molar-refractivity contribution in [1.29, 1.82) is 0 Å². The van der Waals surface area contributed by atoms with Gasteiger partial charge in [0, 0.05) is 12.8 Å². The number of ether oxygens (including phenoxy) is 1. The zero-order valence-electron chi connectivity index (χ0n) is 7.86. The van der Waals surface area contributed by atoms with Crippen LogP contribution in [-0.2, 0) is 17.4 Å². The van der Waals surface area contributed by atoms with E-state index in [2.05, 4.69) is 21.0 Å². The molecular weight excluding hydrogens is 264 g/mol. The van der Waals surface area contributed by atoms with Crippen molar-refractivity contribution in [2.45, 2.75) is 18.1 Å². The monoisotopic (exact) mass is 274 g/mol. The lowest BCUT2D eigenvalue weighted by molar-refractivity contribution is 0.283. The minimum absolute atomic E-state index is 0.0185. The second kappa shape index (κ2) is 3.00. The number of hydrogen-bond donors (Lipinski definition) is 0. The van der Waals surface area contributed by atoms with E-state index < -0.39 is 0 Å². The van der Waals surface area contributed by atoms with Crippen molar-refractivity contribution in [3.8, 4) is 0 Å². The fourth-order valence-electron chi connectivity index (χ4n) is 2.24. The lowest BCUT2D eigenvalue weighted by atomic mass is 9.98. The molecule has 1 aromatic rings. The summed E-state index contributed by atoms with van der Waals surface area (Å²) in [5.41, 5.74) is 1.19.